The molecular weight excluding hydrogens is 363 g/mol. The minimum Gasteiger partial charge on any atom is -0.334 e. The lowest BCUT2D eigenvalue weighted by Crippen LogP contribution is -2.04. The van der Waals surface area contributed by atoms with Crippen LogP contribution in [0.4, 0.5) is 4.39 Å². The molecule has 0 aliphatic carbocycles. The number of hydrogen-bond donors (Lipinski definition) is 0. The number of rotatable bonds is 6. The highest BCUT2D eigenvalue weighted by Gasteiger charge is 2.15. The van der Waals surface area contributed by atoms with E-state index in [1.54, 1.807) is 6.07 Å². The van der Waals surface area contributed by atoms with Crippen LogP contribution in [0.25, 0.3) is 11.3 Å². The highest BCUT2D eigenvalue weighted by atomic mass is 35.5. The maximum atomic E-state index is 13.2. The summed E-state index contributed by atoms with van der Waals surface area (Å²) >= 11 is 5.78. The second-order valence-electron chi connectivity index (χ2n) is 7.00. The van der Waals surface area contributed by atoms with E-state index in [9.17, 15) is 9.18 Å². The number of carbonyl (C=O) groups is 1. The molecule has 4 rings (SSSR count). The molecular formula is C22H20ClFN2O. The van der Waals surface area contributed by atoms with Gasteiger partial charge in [0.1, 0.15) is 17.4 Å². The molecule has 0 saturated heterocycles. The van der Waals surface area contributed by atoms with E-state index in [0.717, 1.165) is 41.2 Å². The SMILES string of the molecule is O=C(CCc1cccc(-c2cn3c(n2)CCC3)c1)Cc1ccc(F)c(Cl)c1. The molecule has 0 radical (unpaired) electrons. The van der Waals surface area contributed by atoms with Gasteiger partial charge in [0.25, 0.3) is 0 Å². The Labute approximate surface area is 162 Å². The van der Waals surface area contributed by atoms with Gasteiger partial charge in [-0.2, -0.15) is 0 Å². The Bertz CT molecular complexity index is 974. The monoisotopic (exact) mass is 382 g/mol. The maximum absolute atomic E-state index is 13.2. The first-order valence-corrected chi connectivity index (χ1v) is 9.57. The molecule has 1 aliphatic heterocycles. The van der Waals surface area contributed by atoms with Gasteiger partial charge < -0.3 is 4.57 Å². The van der Waals surface area contributed by atoms with E-state index in [4.69, 9.17) is 16.6 Å². The van der Waals surface area contributed by atoms with Gasteiger partial charge in [-0.25, -0.2) is 9.37 Å². The van der Waals surface area contributed by atoms with Crippen molar-refractivity contribution in [1.29, 1.82) is 0 Å². The third-order valence-electron chi connectivity index (χ3n) is 4.96. The zero-order chi connectivity index (χ0) is 18.8. The van der Waals surface area contributed by atoms with Crippen LogP contribution >= 0.6 is 11.6 Å². The van der Waals surface area contributed by atoms with Crippen LogP contribution in [0.2, 0.25) is 5.02 Å². The van der Waals surface area contributed by atoms with Crippen LogP contribution in [0.3, 0.4) is 0 Å². The molecule has 138 valence electrons. The molecule has 3 nitrogen and oxygen atoms in total. The average Bonchev–Trinajstić information content (AvgIpc) is 3.25. The summed E-state index contributed by atoms with van der Waals surface area (Å²) in [5.41, 5.74) is 3.95. The van der Waals surface area contributed by atoms with Crippen LogP contribution in [0.5, 0.6) is 0 Å². The smallest absolute Gasteiger partial charge is 0.141 e. The minimum absolute atomic E-state index is 0.0555. The van der Waals surface area contributed by atoms with Crippen LogP contribution in [0.15, 0.2) is 48.7 Å². The Hall–Kier alpha value is -2.46. The van der Waals surface area contributed by atoms with Gasteiger partial charge in [-0.1, -0.05) is 35.9 Å². The Kier molecular flexibility index (Phi) is 5.08. The molecule has 2 heterocycles. The minimum atomic E-state index is -0.463. The number of aromatic nitrogens is 2. The second kappa shape index (κ2) is 7.65. The Balaban J connectivity index is 1.39. The molecule has 0 N–H and O–H groups in total. The third-order valence-corrected chi connectivity index (χ3v) is 5.25. The summed E-state index contributed by atoms with van der Waals surface area (Å²) in [6, 6.07) is 12.7. The van der Waals surface area contributed by atoms with Gasteiger partial charge in [-0.05, 0) is 42.2 Å². The number of hydrogen-bond acceptors (Lipinski definition) is 2. The molecule has 0 saturated carbocycles. The van der Waals surface area contributed by atoms with Crippen molar-refractivity contribution in [3.63, 3.8) is 0 Å². The van der Waals surface area contributed by atoms with Gasteiger partial charge in [-0.3, -0.25) is 4.79 Å². The number of imidazole rings is 1. The largest absolute Gasteiger partial charge is 0.334 e. The zero-order valence-electron chi connectivity index (χ0n) is 14.9. The first kappa shape index (κ1) is 17.9. The van der Waals surface area contributed by atoms with E-state index >= 15 is 0 Å². The van der Waals surface area contributed by atoms with E-state index in [0.29, 0.717) is 12.8 Å². The number of benzene rings is 2. The lowest BCUT2D eigenvalue weighted by Gasteiger charge is -2.05. The standard InChI is InChI=1S/C22H20ClFN2O/c23-19-13-16(7-9-20(19)24)12-18(27)8-6-15-3-1-4-17(11-15)21-14-26-10-2-5-22(26)25-21/h1,3-4,7,9,11,13-14H,2,5-6,8,10,12H2. The summed E-state index contributed by atoms with van der Waals surface area (Å²) in [5, 5.41) is 0.0555. The topological polar surface area (TPSA) is 34.9 Å². The normalized spacial score (nSPS) is 13.0. The molecule has 0 spiro atoms. The number of halogens is 2. The van der Waals surface area contributed by atoms with Gasteiger partial charge in [0.15, 0.2) is 0 Å². The number of carbonyl (C=O) groups excluding carboxylic acids is 1. The lowest BCUT2D eigenvalue weighted by atomic mass is 10.0. The molecule has 27 heavy (non-hydrogen) atoms. The van der Waals surface area contributed by atoms with Crippen molar-refractivity contribution < 1.29 is 9.18 Å². The first-order chi connectivity index (χ1) is 13.1. The van der Waals surface area contributed by atoms with Gasteiger partial charge in [0, 0.05) is 37.6 Å². The van der Waals surface area contributed by atoms with Crippen molar-refractivity contribution in [2.24, 2.45) is 0 Å². The van der Waals surface area contributed by atoms with Crippen molar-refractivity contribution in [3.8, 4) is 11.3 Å². The summed E-state index contributed by atoms with van der Waals surface area (Å²) < 4.78 is 15.4. The first-order valence-electron chi connectivity index (χ1n) is 9.19. The average molecular weight is 383 g/mol. The van der Waals surface area contributed by atoms with Crippen molar-refractivity contribution in [2.75, 3.05) is 0 Å². The van der Waals surface area contributed by atoms with Crippen molar-refractivity contribution in [3.05, 3.63) is 76.5 Å². The molecule has 3 aromatic rings. The highest BCUT2D eigenvalue weighted by molar-refractivity contribution is 6.30. The number of nitrogens with zero attached hydrogens (tertiary/aromatic N) is 2. The molecule has 0 amide bonds. The summed E-state index contributed by atoms with van der Waals surface area (Å²) in [6.07, 6.45) is 5.72. The fraction of sp³-hybridized carbons (Fsp3) is 0.273. The number of ketones is 1. The molecule has 0 bridgehead atoms. The lowest BCUT2D eigenvalue weighted by molar-refractivity contribution is -0.118. The molecule has 1 aromatic heterocycles. The van der Waals surface area contributed by atoms with Crippen LogP contribution in [0.1, 0.15) is 29.8 Å². The van der Waals surface area contributed by atoms with Crippen LogP contribution in [-0.2, 0) is 30.6 Å². The molecule has 0 unspecified atom stereocenters. The molecule has 2 aromatic carbocycles. The zero-order valence-corrected chi connectivity index (χ0v) is 15.7. The molecule has 0 fully saturated rings. The van der Waals surface area contributed by atoms with Crippen molar-refractivity contribution in [1.82, 2.24) is 9.55 Å². The van der Waals surface area contributed by atoms with Crippen LogP contribution in [-0.4, -0.2) is 15.3 Å². The van der Waals surface area contributed by atoms with Gasteiger partial charge in [0.2, 0.25) is 0 Å². The quantitative estimate of drug-likeness (QED) is 0.599. The van der Waals surface area contributed by atoms with E-state index in [2.05, 4.69) is 22.9 Å². The van der Waals surface area contributed by atoms with E-state index < -0.39 is 5.82 Å². The highest BCUT2D eigenvalue weighted by Crippen LogP contribution is 2.24. The molecule has 5 heteroatoms. The Morgan fingerprint density at radius 1 is 1.19 bits per heavy atom. The summed E-state index contributed by atoms with van der Waals surface area (Å²) in [7, 11) is 0. The van der Waals surface area contributed by atoms with Crippen molar-refractivity contribution >= 4 is 17.4 Å². The molecule has 0 atom stereocenters. The van der Waals surface area contributed by atoms with Gasteiger partial charge in [0.05, 0.1) is 10.7 Å². The van der Waals surface area contributed by atoms with E-state index in [-0.39, 0.29) is 17.2 Å². The number of Topliss-reactive ketones (excluding diaryl/α,β-unsaturated/α-hetero) is 1. The fourth-order valence-corrected chi connectivity index (χ4v) is 3.73. The predicted molar refractivity (Wildman–Crippen MR) is 104 cm³/mol. The Morgan fingerprint density at radius 3 is 2.89 bits per heavy atom. The summed E-state index contributed by atoms with van der Waals surface area (Å²) in [5.74, 6) is 0.808. The van der Waals surface area contributed by atoms with Crippen molar-refractivity contribution in [2.45, 2.75) is 38.6 Å². The number of fused-ring (bicyclic) bond motifs is 1. The van der Waals surface area contributed by atoms with E-state index in [1.807, 2.05) is 12.1 Å². The maximum Gasteiger partial charge on any atom is 0.141 e. The third kappa shape index (κ3) is 4.11. The summed E-state index contributed by atoms with van der Waals surface area (Å²) in [6.45, 7) is 1.05. The van der Waals surface area contributed by atoms with Crippen LogP contribution < -0.4 is 0 Å². The molecule has 1 aliphatic rings. The predicted octanol–water partition coefficient (Wildman–Crippen LogP) is 5.03. The van der Waals surface area contributed by atoms with E-state index in [1.165, 1.54) is 18.6 Å². The Morgan fingerprint density at radius 2 is 2.07 bits per heavy atom. The fourth-order valence-electron chi connectivity index (χ4n) is 3.53. The number of aryl methyl sites for hydroxylation is 3. The second-order valence-corrected chi connectivity index (χ2v) is 7.41. The van der Waals surface area contributed by atoms with Crippen LogP contribution in [0, 0.1) is 5.82 Å². The summed E-state index contributed by atoms with van der Waals surface area (Å²) in [4.78, 5) is 17.0. The van der Waals surface area contributed by atoms with Gasteiger partial charge in [-0.15, -0.1) is 0 Å². The van der Waals surface area contributed by atoms with Gasteiger partial charge >= 0.3 is 0 Å².